The number of nitrogens with one attached hydrogen (secondary N) is 1. The number of aryl methyl sites for hydroxylation is 4. The summed E-state index contributed by atoms with van der Waals surface area (Å²) in [5, 5.41) is 5.05. The van der Waals surface area contributed by atoms with Crippen LogP contribution in [0.1, 0.15) is 27.8 Å². The van der Waals surface area contributed by atoms with E-state index < -0.39 is 0 Å². The van der Waals surface area contributed by atoms with Gasteiger partial charge in [-0.25, -0.2) is 5.84 Å². The van der Waals surface area contributed by atoms with E-state index in [9.17, 15) is 0 Å². The fourth-order valence-corrected chi connectivity index (χ4v) is 3.54. The van der Waals surface area contributed by atoms with Gasteiger partial charge in [0.25, 0.3) is 0 Å². The average Bonchev–Trinajstić information content (AvgIpc) is 2.69. The van der Waals surface area contributed by atoms with Crippen molar-refractivity contribution in [2.24, 2.45) is 5.84 Å². The van der Waals surface area contributed by atoms with Crippen LogP contribution >= 0.6 is 12.2 Å². The zero-order valence-corrected chi connectivity index (χ0v) is 19.1. The topological polar surface area (TPSA) is 50.5 Å². The summed E-state index contributed by atoms with van der Waals surface area (Å²) < 4.78 is 6.25. The average molecular weight is 420 g/mol. The number of anilines is 1. The van der Waals surface area contributed by atoms with Crippen LogP contribution in [-0.4, -0.2) is 17.2 Å². The van der Waals surface area contributed by atoms with Crippen molar-refractivity contribution in [3.05, 3.63) is 82.4 Å². The van der Waals surface area contributed by atoms with Gasteiger partial charge in [0, 0.05) is 18.3 Å². The highest BCUT2D eigenvalue weighted by Gasteiger charge is 2.12. The monoisotopic (exact) mass is 419 g/mol. The zero-order chi connectivity index (χ0) is 21.8. The maximum Gasteiger partial charge on any atom is 0.187 e. The summed E-state index contributed by atoms with van der Waals surface area (Å²) >= 11 is 5.30. The molecule has 0 unspecified atom stereocenters. The van der Waals surface area contributed by atoms with Gasteiger partial charge in [0.2, 0.25) is 0 Å². The van der Waals surface area contributed by atoms with Gasteiger partial charge < -0.3 is 10.1 Å². The Morgan fingerprint density at radius 1 is 0.967 bits per heavy atom. The molecule has 0 saturated heterocycles. The smallest absolute Gasteiger partial charge is 0.187 e. The van der Waals surface area contributed by atoms with E-state index in [0.29, 0.717) is 11.7 Å². The molecule has 3 aromatic carbocycles. The molecule has 0 aliphatic carbocycles. The Morgan fingerprint density at radius 2 is 1.70 bits per heavy atom. The molecule has 0 aliphatic heterocycles. The third kappa shape index (κ3) is 4.99. The van der Waals surface area contributed by atoms with Crippen LogP contribution in [0.25, 0.3) is 11.1 Å². The largest absolute Gasteiger partial charge is 0.489 e. The van der Waals surface area contributed by atoms with E-state index in [4.69, 9.17) is 22.8 Å². The Kier molecular flexibility index (Phi) is 6.75. The second-order valence-corrected chi connectivity index (χ2v) is 8.12. The van der Waals surface area contributed by atoms with Crippen molar-refractivity contribution in [1.82, 2.24) is 5.01 Å². The zero-order valence-electron chi connectivity index (χ0n) is 18.2. The predicted octanol–water partition coefficient (Wildman–Crippen LogP) is 5.67. The predicted molar refractivity (Wildman–Crippen MR) is 130 cm³/mol. The van der Waals surface area contributed by atoms with Crippen molar-refractivity contribution in [1.29, 1.82) is 0 Å². The summed E-state index contributed by atoms with van der Waals surface area (Å²) in [4.78, 5) is 0. The molecule has 0 saturated carbocycles. The lowest BCUT2D eigenvalue weighted by atomic mass is 9.96. The standard InChI is InChI=1S/C25H29N3OS/c1-16-8-6-10-20(12-16)21-13-19(4)24(14-18(21)3)29-15-22-17(2)9-7-11-23(22)27-25(30)28(5)26/h6-14H,15,26H2,1-5H3,(H,27,30). The Balaban J connectivity index is 1.85. The van der Waals surface area contributed by atoms with Gasteiger partial charge in [0.1, 0.15) is 12.4 Å². The van der Waals surface area contributed by atoms with Gasteiger partial charge in [-0.15, -0.1) is 0 Å². The van der Waals surface area contributed by atoms with E-state index in [2.05, 4.69) is 75.5 Å². The molecule has 3 N–H and O–H groups in total. The van der Waals surface area contributed by atoms with E-state index in [1.165, 1.54) is 27.3 Å². The van der Waals surface area contributed by atoms with E-state index in [1.807, 2.05) is 12.1 Å². The number of thiocarbonyl (C=S) groups is 1. The van der Waals surface area contributed by atoms with E-state index in [-0.39, 0.29) is 0 Å². The van der Waals surface area contributed by atoms with Crippen LogP contribution in [0.4, 0.5) is 5.69 Å². The minimum atomic E-state index is 0.440. The Hall–Kier alpha value is -2.89. The van der Waals surface area contributed by atoms with Crippen LogP contribution in [-0.2, 0) is 6.61 Å². The molecule has 0 bridgehead atoms. The lowest BCUT2D eigenvalue weighted by molar-refractivity contribution is 0.304. The number of rotatable bonds is 5. The molecule has 30 heavy (non-hydrogen) atoms. The van der Waals surface area contributed by atoms with Gasteiger partial charge in [-0.05, 0) is 85.9 Å². The first kappa shape index (κ1) is 21.8. The van der Waals surface area contributed by atoms with Gasteiger partial charge in [-0.2, -0.15) is 0 Å². The highest BCUT2D eigenvalue weighted by atomic mass is 32.1. The molecule has 0 atom stereocenters. The summed E-state index contributed by atoms with van der Waals surface area (Å²) in [6, 6.07) is 18.9. The van der Waals surface area contributed by atoms with Crippen molar-refractivity contribution in [2.75, 3.05) is 12.4 Å². The van der Waals surface area contributed by atoms with Crippen molar-refractivity contribution < 1.29 is 4.74 Å². The summed E-state index contributed by atoms with van der Waals surface area (Å²) in [5.74, 6) is 6.63. The summed E-state index contributed by atoms with van der Waals surface area (Å²) in [7, 11) is 1.71. The Labute approximate surface area is 184 Å². The van der Waals surface area contributed by atoms with Crippen LogP contribution in [0, 0.1) is 27.7 Å². The highest BCUT2D eigenvalue weighted by molar-refractivity contribution is 7.80. The summed E-state index contributed by atoms with van der Waals surface area (Å²) in [5.41, 5.74) is 9.11. The van der Waals surface area contributed by atoms with Crippen LogP contribution in [0.2, 0.25) is 0 Å². The molecule has 0 spiro atoms. The van der Waals surface area contributed by atoms with Crippen molar-refractivity contribution in [3.8, 4) is 16.9 Å². The first-order valence-electron chi connectivity index (χ1n) is 9.95. The van der Waals surface area contributed by atoms with Crippen LogP contribution in [0.5, 0.6) is 5.75 Å². The van der Waals surface area contributed by atoms with Gasteiger partial charge in [-0.1, -0.05) is 42.0 Å². The number of benzene rings is 3. The van der Waals surface area contributed by atoms with Gasteiger partial charge >= 0.3 is 0 Å². The van der Waals surface area contributed by atoms with E-state index >= 15 is 0 Å². The Bertz CT molecular complexity index is 1080. The number of nitrogens with two attached hydrogens (primary N) is 1. The first-order valence-corrected chi connectivity index (χ1v) is 10.4. The quantitative estimate of drug-likeness (QED) is 0.317. The molecule has 3 rings (SSSR count). The molecule has 0 radical (unpaired) electrons. The molecule has 0 heterocycles. The van der Waals surface area contributed by atoms with Crippen LogP contribution in [0.15, 0.2) is 54.6 Å². The van der Waals surface area contributed by atoms with E-state index in [0.717, 1.165) is 28.1 Å². The SMILES string of the molecule is Cc1cccc(-c2cc(C)c(OCc3c(C)cccc3NC(=S)N(C)N)cc2C)c1. The molecule has 0 amide bonds. The fraction of sp³-hybridized carbons (Fsp3) is 0.240. The molecule has 0 fully saturated rings. The normalized spacial score (nSPS) is 10.6. The maximum absolute atomic E-state index is 6.25. The van der Waals surface area contributed by atoms with E-state index in [1.54, 1.807) is 7.05 Å². The maximum atomic E-state index is 6.25. The molecule has 156 valence electrons. The molecular formula is C25H29N3OS. The van der Waals surface area contributed by atoms with Crippen molar-refractivity contribution in [2.45, 2.75) is 34.3 Å². The third-order valence-electron chi connectivity index (χ3n) is 5.20. The van der Waals surface area contributed by atoms with Crippen LogP contribution < -0.4 is 15.9 Å². The lowest BCUT2D eigenvalue weighted by Gasteiger charge is -2.20. The molecule has 3 aromatic rings. The molecule has 0 aliphatic rings. The highest BCUT2D eigenvalue weighted by Crippen LogP contribution is 2.32. The van der Waals surface area contributed by atoms with Crippen molar-refractivity contribution >= 4 is 23.0 Å². The van der Waals surface area contributed by atoms with Crippen molar-refractivity contribution in [3.63, 3.8) is 0 Å². The third-order valence-corrected chi connectivity index (χ3v) is 5.59. The van der Waals surface area contributed by atoms with Gasteiger partial charge in [0.15, 0.2) is 5.11 Å². The van der Waals surface area contributed by atoms with Crippen LogP contribution in [0.3, 0.4) is 0 Å². The van der Waals surface area contributed by atoms with Gasteiger partial charge in [0.05, 0.1) is 0 Å². The first-order chi connectivity index (χ1) is 14.3. The number of hydrogen-bond donors (Lipinski definition) is 2. The number of hydrazine groups is 1. The number of nitrogens with zero attached hydrogens (tertiary/aromatic N) is 1. The number of hydrogen-bond acceptors (Lipinski definition) is 3. The molecule has 4 nitrogen and oxygen atoms in total. The minimum absolute atomic E-state index is 0.440. The molecule has 5 heteroatoms. The Morgan fingerprint density at radius 3 is 2.40 bits per heavy atom. The fourth-order valence-electron chi connectivity index (χ4n) is 3.43. The molecule has 0 aromatic heterocycles. The summed E-state index contributed by atoms with van der Waals surface area (Å²) in [6.45, 7) is 8.84. The number of ether oxygens (including phenoxy) is 1. The molecular weight excluding hydrogens is 390 g/mol. The second-order valence-electron chi connectivity index (χ2n) is 7.73. The second kappa shape index (κ2) is 9.28. The minimum Gasteiger partial charge on any atom is -0.489 e. The van der Waals surface area contributed by atoms with Gasteiger partial charge in [-0.3, -0.25) is 5.01 Å². The summed E-state index contributed by atoms with van der Waals surface area (Å²) in [6.07, 6.45) is 0. The lowest BCUT2D eigenvalue weighted by Crippen LogP contribution is -2.36.